The number of carboxylic acid groups (broad SMARTS) is 1. The maximum absolute atomic E-state index is 12.1. The lowest BCUT2D eigenvalue weighted by molar-refractivity contribution is -0.154. The van der Waals surface area contributed by atoms with Gasteiger partial charge in [0.2, 0.25) is 0 Å². The smallest absolute Gasteiger partial charge is 0.317 e. The van der Waals surface area contributed by atoms with E-state index >= 15 is 0 Å². The van der Waals surface area contributed by atoms with Crippen molar-refractivity contribution >= 4 is 23.8 Å². The summed E-state index contributed by atoms with van der Waals surface area (Å²) >= 11 is 1.85. The van der Waals surface area contributed by atoms with Crippen LogP contribution in [0.4, 0.5) is 4.79 Å². The summed E-state index contributed by atoms with van der Waals surface area (Å²) in [4.78, 5) is 25.3. The first-order chi connectivity index (χ1) is 9.55. The van der Waals surface area contributed by atoms with Gasteiger partial charge in [-0.1, -0.05) is 0 Å². The fourth-order valence-electron chi connectivity index (χ4n) is 2.59. The highest BCUT2D eigenvalue weighted by Crippen LogP contribution is 2.30. The van der Waals surface area contributed by atoms with Gasteiger partial charge in [-0.25, -0.2) is 4.79 Å². The second kappa shape index (κ2) is 6.67. The van der Waals surface area contributed by atoms with Crippen LogP contribution < -0.4 is 5.32 Å². The van der Waals surface area contributed by atoms with Crippen LogP contribution >= 0.6 is 11.8 Å². The number of thioether (sulfide) groups is 1. The van der Waals surface area contributed by atoms with E-state index in [4.69, 9.17) is 4.74 Å². The van der Waals surface area contributed by atoms with Crippen LogP contribution in [0.15, 0.2) is 0 Å². The van der Waals surface area contributed by atoms with Gasteiger partial charge in [-0.05, 0) is 25.0 Å². The number of nitrogens with one attached hydrogen (secondary N) is 1. The maximum Gasteiger partial charge on any atom is 0.317 e. The molecule has 0 saturated carbocycles. The number of rotatable bonds is 4. The maximum atomic E-state index is 12.1. The summed E-state index contributed by atoms with van der Waals surface area (Å²) in [6, 6.07) is 0.0834. The van der Waals surface area contributed by atoms with Gasteiger partial charge in [0.05, 0.1) is 5.41 Å². The number of carbonyl (C=O) groups is 2. The van der Waals surface area contributed by atoms with Crippen molar-refractivity contribution < 1.29 is 19.4 Å². The molecule has 0 radical (unpaired) electrons. The van der Waals surface area contributed by atoms with E-state index in [9.17, 15) is 14.7 Å². The van der Waals surface area contributed by atoms with Gasteiger partial charge in [0.15, 0.2) is 0 Å². The van der Waals surface area contributed by atoms with E-state index in [-0.39, 0.29) is 18.6 Å². The largest absolute Gasteiger partial charge is 0.481 e. The molecular formula is C13H22N2O4S. The Labute approximate surface area is 123 Å². The molecule has 0 aliphatic carbocycles. The molecule has 6 nitrogen and oxygen atoms in total. The first-order valence-electron chi connectivity index (χ1n) is 6.95. The molecule has 7 heteroatoms. The SMILES string of the molecule is CN(C(=O)NCC1(C(=O)O)CCOCC1)C1CCSC1. The lowest BCUT2D eigenvalue weighted by Crippen LogP contribution is -2.51. The van der Waals surface area contributed by atoms with Crippen molar-refractivity contribution in [3.63, 3.8) is 0 Å². The molecule has 2 aliphatic heterocycles. The Morgan fingerprint density at radius 1 is 1.45 bits per heavy atom. The highest BCUT2D eigenvalue weighted by atomic mass is 32.2. The summed E-state index contributed by atoms with van der Waals surface area (Å²) in [7, 11) is 1.78. The van der Waals surface area contributed by atoms with E-state index in [0.717, 1.165) is 17.9 Å². The minimum Gasteiger partial charge on any atom is -0.481 e. The molecule has 0 aromatic carbocycles. The molecule has 2 N–H and O–H groups in total. The lowest BCUT2D eigenvalue weighted by Gasteiger charge is -2.34. The molecule has 2 amide bonds. The predicted molar refractivity (Wildman–Crippen MR) is 77.0 cm³/mol. The Hall–Kier alpha value is -0.950. The molecule has 2 saturated heterocycles. The van der Waals surface area contributed by atoms with Crippen LogP contribution in [-0.4, -0.2) is 66.4 Å². The second-order valence-corrected chi connectivity index (χ2v) is 6.63. The molecule has 0 spiro atoms. The standard InChI is InChI=1S/C13H22N2O4S/c1-15(10-2-7-20-8-10)12(18)14-9-13(11(16)17)3-5-19-6-4-13/h10H,2-9H2,1H3,(H,14,18)(H,16,17). The van der Waals surface area contributed by atoms with Crippen molar-refractivity contribution in [2.75, 3.05) is 38.3 Å². The molecule has 1 unspecified atom stereocenters. The number of urea groups is 1. The molecule has 114 valence electrons. The Morgan fingerprint density at radius 3 is 2.70 bits per heavy atom. The van der Waals surface area contributed by atoms with Gasteiger partial charge >= 0.3 is 12.0 Å². The molecule has 0 bridgehead atoms. The van der Waals surface area contributed by atoms with E-state index in [1.807, 2.05) is 11.8 Å². The van der Waals surface area contributed by atoms with Crippen molar-refractivity contribution in [1.82, 2.24) is 10.2 Å². The lowest BCUT2D eigenvalue weighted by atomic mass is 9.80. The Kier molecular flexibility index (Phi) is 5.15. The van der Waals surface area contributed by atoms with E-state index in [2.05, 4.69) is 5.32 Å². The zero-order valence-corrected chi connectivity index (χ0v) is 12.6. The molecule has 0 aromatic rings. The molecular weight excluding hydrogens is 280 g/mol. The third-order valence-corrected chi connectivity index (χ3v) is 5.40. The molecule has 0 aromatic heterocycles. The van der Waals surface area contributed by atoms with Crippen LogP contribution in [0.2, 0.25) is 0 Å². The molecule has 20 heavy (non-hydrogen) atoms. The van der Waals surface area contributed by atoms with Crippen molar-refractivity contribution in [3.05, 3.63) is 0 Å². The minimum atomic E-state index is -0.876. The van der Waals surface area contributed by atoms with E-state index in [1.165, 1.54) is 0 Å². The van der Waals surface area contributed by atoms with E-state index in [0.29, 0.717) is 26.1 Å². The first-order valence-corrected chi connectivity index (χ1v) is 8.10. The first kappa shape index (κ1) is 15.4. The van der Waals surface area contributed by atoms with Crippen LogP contribution in [0.5, 0.6) is 0 Å². The highest BCUT2D eigenvalue weighted by Gasteiger charge is 2.40. The van der Waals surface area contributed by atoms with Gasteiger partial charge in [-0.3, -0.25) is 4.79 Å². The summed E-state index contributed by atoms with van der Waals surface area (Å²) in [6.45, 7) is 1.06. The van der Waals surface area contributed by atoms with Gasteiger partial charge in [0.25, 0.3) is 0 Å². The van der Waals surface area contributed by atoms with Crippen molar-refractivity contribution in [3.8, 4) is 0 Å². The number of ether oxygens (including phenoxy) is 1. The van der Waals surface area contributed by atoms with Gasteiger partial charge in [-0.15, -0.1) is 0 Å². The van der Waals surface area contributed by atoms with Gasteiger partial charge < -0.3 is 20.1 Å². The third kappa shape index (κ3) is 3.38. The number of amides is 2. The zero-order valence-electron chi connectivity index (χ0n) is 11.8. The second-order valence-electron chi connectivity index (χ2n) is 5.48. The van der Waals surface area contributed by atoms with Gasteiger partial charge in [0.1, 0.15) is 0 Å². The van der Waals surface area contributed by atoms with Crippen LogP contribution in [-0.2, 0) is 9.53 Å². The minimum absolute atomic E-state index is 0.175. The van der Waals surface area contributed by atoms with Gasteiger partial charge in [-0.2, -0.15) is 11.8 Å². The van der Waals surface area contributed by atoms with Crippen LogP contribution in [0.25, 0.3) is 0 Å². The van der Waals surface area contributed by atoms with Crippen molar-refractivity contribution in [2.45, 2.75) is 25.3 Å². The Bertz CT molecular complexity index is 365. The van der Waals surface area contributed by atoms with Crippen molar-refractivity contribution in [1.29, 1.82) is 0 Å². The van der Waals surface area contributed by atoms with Crippen LogP contribution in [0.1, 0.15) is 19.3 Å². The molecule has 2 rings (SSSR count). The Balaban J connectivity index is 1.88. The summed E-state index contributed by atoms with van der Waals surface area (Å²) in [5.41, 5.74) is -0.876. The number of hydrogen-bond donors (Lipinski definition) is 2. The molecule has 1 atom stereocenters. The summed E-state index contributed by atoms with van der Waals surface area (Å²) in [5, 5.41) is 12.2. The number of carbonyl (C=O) groups excluding carboxylic acids is 1. The average molecular weight is 302 g/mol. The van der Waals surface area contributed by atoms with Gasteiger partial charge in [0, 0.05) is 38.6 Å². The number of aliphatic carboxylic acids is 1. The predicted octanol–water partition coefficient (Wildman–Crippen LogP) is 1.01. The normalized spacial score (nSPS) is 25.1. The topological polar surface area (TPSA) is 78.9 Å². The monoisotopic (exact) mass is 302 g/mol. The number of nitrogens with zero attached hydrogens (tertiary/aromatic N) is 1. The van der Waals surface area contributed by atoms with E-state index in [1.54, 1.807) is 11.9 Å². The number of hydrogen-bond acceptors (Lipinski definition) is 4. The fourth-order valence-corrected chi connectivity index (χ4v) is 3.86. The van der Waals surface area contributed by atoms with Crippen LogP contribution in [0.3, 0.4) is 0 Å². The summed E-state index contributed by atoms with van der Waals surface area (Å²) < 4.78 is 5.22. The quantitative estimate of drug-likeness (QED) is 0.810. The van der Waals surface area contributed by atoms with Crippen molar-refractivity contribution in [2.24, 2.45) is 5.41 Å². The number of carboxylic acids is 1. The highest BCUT2D eigenvalue weighted by molar-refractivity contribution is 7.99. The summed E-state index contributed by atoms with van der Waals surface area (Å²) in [5.74, 6) is 1.20. The molecule has 2 heterocycles. The third-order valence-electron chi connectivity index (χ3n) is 4.26. The Morgan fingerprint density at radius 2 is 2.15 bits per heavy atom. The summed E-state index contributed by atoms with van der Waals surface area (Å²) in [6.07, 6.45) is 1.91. The fraction of sp³-hybridized carbons (Fsp3) is 0.846. The molecule has 2 aliphatic rings. The zero-order chi connectivity index (χ0) is 14.6. The van der Waals surface area contributed by atoms with E-state index < -0.39 is 11.4 Å². The molecule has 2 fully saturated rings. The van der Waals surface area contributed by atoms with Crippen LogP contribution in [0, 0.1) is 5.41 Å². The average Bonchev–Trinajstić information content (AvgIpc) is 2.99.